The lowest BCUT2D eigenvalue weighted by Gasteiger charge is -2.27. The third kappa shape index (κ3) is 8.52. The summed E-state index contributed by atoms with van der Waals surface area (Å²) in [4.78, 5) is 27.9. The predicted molar refractivity (Wildman–Crippen MR) is 226 cm³/mol. The van der Waals surface area contributed by atoms with Gasteiger partial charge in [0.25, 0.3) is 36.3 Å². The molecule has 1 atom stereocenters. The first-order valence-corrected chi connectivity index (χ1v) is 22.9. The highest BCUT2D eigenvalue weighted by molar-refractivity contribution is 7.86. The largest absolute Gasteiger partial charge is 0.506 e. The molecule has 0 saturated carbocycles. The van der Waals surface area contributed by atoms with Gasteiger partial charge in [-0.1, -0.05) is 53.8 Å². The Labute approximate surface area is 347 Å². The van der Waals surface area contributed by atoms with E-state index in [4.69, 9.17) is 0 Å². The van der Waals surface area contributed by atoms with Crippen LogP contribution in [0.5, 0.6) is 5.75 Å². The van der Waals surface area contributed by atoms with Crippen molar-refractivity contribution in [2.75, 3.05) is 22.2 Å². The number of aromatic nitrogens is 3. The van der Waals surface area contributed by atoms with Crippen LogP contribution in [0.4, 0.5) is 28.1 Å². The fourth-order valence-electron chi connectivity index (χ4n) is 6.92. The molecule has 7 rings (SSSR count). The molecular weight excluding hydrogens is 859 g/mol. The van der Waals surface area contributed by atoms with Gasteiger partial charge in [-0.25, -0.2) is 15.0 Å². The molecule has 1 aliphatic carbocycles. The number of hydrogen-bond acceptors (Lipinski definition) is 15. The van der Waals surface area contributed by atoms with Gasteiger partial charge in [0.15, 0.2) is 5.13 Å². The zero-order chi connectivity index (χ0) is 43.3. The Kier molecular flexibility index (Phi) is 11.1. The number of rotatable bonds is 12. The molecule has 0 bridgehead atoms. The van der Waals surface area contributed by atoms with Gasteiger partial charge in [-0.15, -0.1) is 0 Å². The van der Waals surface area contributed by atoms with E-state index in [-0.39, 0.29) is 56.5 Å². The quantitative estimate of drug-likeness (QED) is 0.0412. The maximum atomic E-state index is 13.4. The van der Waals surface area contributed by atoms with E-state index >= 15 is 0 Å². The van der Waals surface area contributed by atoms with Crippen molar-refractivity contribution in [3.05, 3.63) is 113 Å². The average molecular weight is 894 g/mol. The van der Waals surface area contributed by atoms with Crippen molar-refractivity contribution >= 4 is 96.7 Å². The zero-order valence-corrected chi connectivity index (χ0v) is 34.9. The molecule has 60 heavy (non-hydrogen) atoms. The predicted octanol–water partition coefficient (Wildman–Crippen LogP) is 6.15. The molecule has 6 aromatic rings. The van der Waals surface area contributed by atoms with E-state index in [1.165, 1.54) is 61.8 Å². The first-order valence-electron chi connectivity index (χ1n) is 17.7. The summed E-state index contributed by atoms with van der Waals surface area (Å²) in [5.41, 5.74) is 2.81. The maximum Gasteiger partial charge on any atom is 0.295 e. The van der Waals surface area contributed by atoms with Crippen molar-refractivity contribution in [3.8, 4) is 5.75 Å². The second-order valence-corrected chi connectivity index (χ2v) is 19.1. The van der Waals surface area contributed by atoms with Gasteiger partial charge in [0.05, 0.1) is 51.1 Å². The van der Waals surface area contributed by atoms with Crippen molar-refractivity contribution in [2.45, 2.75) is 42.2 Å². The van der Waals surface area contributed by atoms with E-state index in [2.05, 4.69) is 30.9 Å². The fraction of sp³-hybridized carbons (Fsp3) is 0.158. The van der Waals surface area contributed by atoms with Crippen LogP contribution in [-0.2, 0) is 30.4 Å². The van der Waals surface area contributed by atoms with Crippen LogP contribution in [0.25, 0.3) is 21.0 Å². The highest BCUT2D eigenvalue weighted by Gasteiger charge is 2.28. The highest BCUT2D eigenvalue weighted by atomic mass is 32.2. The molecule has 0 aliphatic heterocycles. The molecule has 7 N–H and O–H groups in total. The van der Waals surface area contributed by atoms with Crippen LogP contribution in [0.15, 0.2) is 101 Å². The summed E-state index contributed by atoms with van der Waals surface area (Å²) < 4.78 is 101. The molecule has 0 radical (unpaired) electrons. The Morgan fingerprint density at radius 3 is 2.22 bits per heavy atom. The molecule has 0 spiro atoms. The number of allylic oxidation sites excluding steroid dienone is 2. The number of thiazole rings is 1. The second kappa shape index (κ2) is 15.9. The average Bonchev–Trinajstić information content (AvgIpc) is 3.60. The molecule has 2 heterocycles. The lowest BCUT2D eigenvalue weighted by Crippen LogP contribution is -2.26. The molecule has 18 nitrogen and oxygen atoms in total. The van der Waals surface area contributed by atoms with Crippen molar-refractivity contribution in [3.63, 3.8) is 0 Å². The normalized spacial score (nSPS) is 14.6. The Morgan fingerprint density at radius 1 is 0.883 bits per heavy atom. The van der Waals surface area contributed by atoms with Crippen LogP contribution in [0.3, 0.4) is 0 Å². The van der Waals surface area contributed by atoms with Crippen LogP contribution in [0.1, 0.15) is 33.5 Å². The number of phenols is 1. The third-order valence-electron chi connectivity index (χ3n) is 9.56. The summed E-state index contributed by atoms with van der Waals surface area (Å²) in [6.07, 6.45) is 6.89. The molecule has 1 amide bonds. The number of anilines is 5. The van der Waals surface area contributed by atoms with E-state index in [9.17, 15) is 48.8 Å². The van der Waals surface area contributed by atoms with Gasteiger partial charge in [-0.3, -0.25) is 23.4 Å². The first kappa shape index (κ1) is 42.1. The van der Waals surface area contributed by atoms with Crippen LogP contribution in [-0.4, -0.2) is 76.8 Å². The fourth-order valence-corrected chi connectivity index (χ4v) is 10.1. The van der Waals surface area contributed by atoms with E-state index in [1.54, 1.807) is 49.1 Å². The first-order chi connectivity index (χ1) is 28.2. The summed E-state index contributed by atoms with van der Waals surface area (Å²) in [6, 6.07) is 13.8. The smallest absolute Gasteiger partial charge is 0.295 e. The van der Waals surface area contributed by atoms with Gasteiger partial charge >= 0.3 is 0 Å². The van der Waals surface area contributed by atoms with Crippen molar-refractivity contribution in [1.29, 1.82) is 0 Å². The number of nitrogens with one attached hydrogen (secondary N) is 3. The summed E-state index contributed by atoms with van der Waals surface area (Å²) in [5.74, 6) is -0.811. The van der Waals surface area contributed by atoms with Crippen molar-refractivity contribution < 1.29 is 48.8 Å². The van der Waals surface area contributed by atoms with Crippen LogP contribution in [0.2, 0.25) is 0 Å². The molecule has 312 valence electrons. The molecule has 0 fully saturated rings. The minimum Gasteiger partial charge on any atom is -0.506 e. The standard InChI is InChI=1S/C38H35N7O11S4/c1-20-14-21(2)35(60(54,55)56)22(3)33(20)45(38-44-30-13-12-26(59(51,52)53)15-32(30)57-38)24-17-39-37(40-18-24)42-19-41-31-16-29(34(46)28-7-5-4-6-27(28)31)36(47)43-23-8-10-25(11-9-23)58(48,49)50/h4-10,12-18,25,41,46H,11,19H2,1-3H3,(H,43,47)(H,39,40,42)(H,48,49,50)(H,51,52,53)(H,54,55,56). The summed E-state index contributed by atoms with van der Waals surface area (Å²) in [6.45, 7) is 4.85. The van der Waals surface area contributed by atoms with Crippen LogP contribution >= 0.6 is 11.3 Å². The number of amides is 1. The summed E-state index contributed by atoms with van der Waals surface area (Å²) >= 11 is 1.05. The molecule has 22 heteroatoms. The SMILES string of the molecule is Cc1cc(C)c(S(=O)(=O)O)c(C)c1N(c1cnc(NCNc2cc(C(=O)NC3=CCC(S(=O)(=O)O)C=C3)c(O)c3ccccc23)nc1)c1nc2ccc(S(=O)(=O)O)cc2s1. The van der Waals surface area contributed by atoms with Crippen molar-refractivity contribution in [2.24, 2.45) is 0 Å². The third-order valence-corrected chi connectivity index (χ3v) is 13.7. The minimum atomic E-state index is -4.68. The van der Waals surface area contributed by atoms with Crippen molar-refractivity contribution in [1.82, 2.24) is 20.3 Å². The lowest BCUT2D eigenvalue weighted by molar-refractivity contribution is 0.0964. The van der Waals surface area contributed by atoms with Gasteiger partial charge in [0, 0.05) is 22.2 Å². The van der Waals surface area contributed by atoms with Gasteiger partial charge in [0.1, 0.15) is 15.9 Å². The lowest BCUT2D eigenvalue weighted by atomic mass is 10.0. The van der Waals surface area contributed by atoms with Gasteiger partial charge in [0.2, 0.25) is 5.95 Å². The van der Waals surface area contributed by atoms with E-state index in [1.807, 2.05) is 0 Å². The molecule has 0 saturated heterocycles. The zero-order valence-electron chi connectivity index (χ0n) is 31.6. The number of carbonyl (C=O) groups is 1. The molecule has 1 aliphatic rings. The van der Waals surface area contributed by atoms with Gasteiger partial charge < -0.3 is 21.1 Å². The molecular formula is C38H35N7O11S4. The topological polar surface area (TPSA) is 278 Å². The number of carbonyl (C=O) groups excluding carboxylic acids is 1. The second-order valence-electron chi connectivity index (χ2n) is 13.6. The summed E-state index contributed by atoms with van der Waals surface area (Å²) in [7, 11) is -13.5. The van der Waals surface area contributed by atoms with E-state index < -0.39 is 41.5 Å². The minimum absolute atomic E-state index is 0.0195. The molecule has 4 aromatic carbocycles. The maximum absolute atomic E-state index is 13.4. The Bertz CT molecular complexity index is 3130. The van der Waals surface area contributed by atoms with Gasteiger partial charge in [-0.05, 0) is 74.2 Å². The number of aryl methyl sites for hydroxylation is 2. The Hall–Kier alpha value is -6.01. The molecule has 1 unspecified atom stereocenters. The number of aromatic hydroxyl groups is 1. The Balaban J connectivity index is 1.17. The number of hydrogen-bond donors (Lipinski definition) is 7. The van der Waals surface area contributed by atoms with Gasteiger partial charge in [-0.2, -0.15) is 25.3 Å². The molecule has 2 aromatic heterocycles. The number of phenolic OH excluding ortho intramolecular Hbond substituents is 1. The number of fused-ring (bicyclic) bond motifs is 2. The Morgan fingerprint density at radius 2 is 1.58 bits per heavy atom. The monoisotopic (exact) mass is 893 g/mol. The van der Waals surface area contributed by atoms with E-state index in [0.29, 0.717) is 49.2 Å². The summed E-state index contributed by atoms with van der Waals surface area (Å²) in [5, 5.41) is 20.0. The van der Waals surface area contributed by atoms with Crippen LogP contribution in [0, 0.1) is 20.8 Å². The van der Waals surface area contributed by atoms with Crippen LogP contribution < -0.4 is 20.9 Å². The highest BCUT2D eigenvalue weighted by Crippen LogP contribution is 2.44. The number of benzene rings is 4. The number of nitrogens with zero attached hydrogens (tertiary/aromatic N) is 4. The van der Waals surface area contributed by atoms with E-state index in [0.717, 1.165) is 11.3 Å².